The summed E-state index contributed by atoms with van der Waals surface area (Å²) in [5.74, 6) is 1.94. The Bertz CT molecular complexity index is 570. The topological polar surface area (TPSA) is 37.4 Å². The zero-order valence-corrected chi connectivity index (χ0v) is 31.6. The number of unbranched alkanes of at least 4 members (excludes halogenated alkanes) is 22. The van der Waals surface area contributed by atoms with E-state index < -0.39 is 0 Å². The maximum atomic E-state index is 12.0. The molecule has 0 atom stereocenters. The van der Waals surface area contributed by atoms with Crippen LogP contribution in [0.15, 0.2) is 0 Å². The molecule has 0 bridgehead atoms. The molecule has 0 aliphatic heterocycles. The lowest BCUT2D eigenvalue weighted by atomic mass is 9.90. The van der Waals surface area contributed by atoms with Gasteiger partial charge in [-0.2, -0.15) is 0 Å². The predicted molar refractivity (Wildman–Crippen MR) is 200 cm³/mol. The highest BCUT2D eigenvalue weighted by Crippen LogP contribution is 2.24. The SMILES string of the molecule is CCCCCCCC(=O)CCCCCCCCCCC(CCCCCCCCCCC(=O)CCCCCCC)CCCN(C)C. The number of carbonyl (C=O) groups is 2. The molecule has 0 aromatic heterocycles. The summed E-state index contributed by atoms with van der Waals surface area (Å²) in [7, 11) is 4.41. The van der Waals surface area contributed by atoms with Gasteiger partial charge < -0.3 is 4.90 Å². The van der Waals surface area contributed by atoms with Crippen molar-refractivity contribution in [1.29, 1.82) is 0 Å². The molecule has 0 rings (SSSR count). The number of rotatable bonds is 38. The number of hydrogen-bond acceptors (Lipinski definition) is 3. The lowest BCUT2D eigenvalue weighted by molar-refractivity contribution is -0.120. The Kier molecular flexibility index (Phi) is 35.6. The molecule has 0 unspecified atom stereocenters. The second-order valence-corrected chi connectivity index (χ2v) is 15.0. The monoisotopic (exact) mass is 634 g/mol. The van der Waals surface area contributed by atoms with E-state index in [0.717, 1.165) is 57.3 Å². The van der Waals surface area contributed by atoms with Crippen LogP contribution < -0.4 is 0 Å². The first-order chi connectivity index (χ1) is 22.0. The van der Waals surface area contributed by atoms with Crippen LogP contribution in [0.25, 0.3) is 0 Å². The van der Waals surface area contributed by atoms with Crippen LogP contribution in [0.1, 0.15) is 232 Å². The lowest BCUT2D eigenvalue weighted by Gasteiger charge is -2.18. The van der Waals surface area contributed by atoms with Gasteiger partial charge in [0, 0.05) is 25.7 Å². The van der Waals surface area contributed by atoms with E-state index in [1.165, 1.54) is 173 Å². The third-order valence-electron chi connectivity index (χ3n) is 9.97. The van der Waals surface area contributed by atoms with Gasteiger partial charge in [0.25, 0.3) is 0 Å². The third kappa shape index (κ3) is 36.0. The van der Waals surface area contributed by atoms with Gasteiger partial charge in [-0.05, 0) is 65.1 Å². The summed E-state index contributed by atoms with van der Waals surface area (Å²) >= 11 is 0. The van der Waals surface area contributed by atoms with Gasteiger partial charge in [0.1, 0.15) is 11.6 Å². The highest BCUT2D eigenvalue weighted by atomic mass is 16.1. The highest BCUT2D eigenvalue weighted by Gasteiger charge is 2.09. The minimum Gasteiger partial charge on any atom is -0.309 e. The van der Waals surface area contributed by atoms with Crippen molar-refractivity contribution >= 4 is 11.6 Å². The van der Waals surface area contributed by atoms with Gasteiger partial charge in [0.15, 0.2) is 0 Å². The standard InChI is InChI=1S/C42H83NO2/c1-5-7-9-19-27-35-41(44)37-29-23-17-13-11-15-21-25-32-40(34-31-39-43(3)4)33-26-22-16-12-14-18-24-30-38-42(45)36-28-20-10-8-6-2/h40H,5-39H2,1-4H3. The van der Waals surface area contributed by atoms with Crippen molar-refractivity contribution in [1.82, 2.24) is 4.90 Å². The molecule has 3 heteroatoms. The van der Waals surface area contributed by atoms with Crippen LogP contribution in [0.5, 0.6) is 0 Å². The highest BCUT2D eigenvalue weighted by molar-refractivity contribution is 5.78. The molecule has 0 saturated carbocycles. The quantitative estimate of drug-likeness (QED) is 0.0635. The fourth-order valence-electron chi connectivity index (χ4n) is 6.86. The van der Waals surface area contributed by atoms with Gasteiger partial charge in [-0.15, -0.1) is 0 Å². The summed E-state index contributed by atoms with van der Waals surface area (Å²) < 4.78 is 0. The normalized spacial score (nSPS) is 11.7. The van der Waals surface area contributed by atoms with E-state index in [2.05, 4.69) is 32.8 Å². The van der Waals surface area contributed by atoms with E-state index in [4.69, 9.17) is 0 Å². The van der Waals surface area contributed by atoms with Crippen LogP contribution in [0.2, 0.25) is 0 Å². The third-order valence-corrected chi connectivity index (χ3v) is 9.97. The summed E-state index contributed by atoms with van der Waals surface area (Å²) in [5, 5.41) is 0. The first kappa shape index (κ1) is 44.3. The largest absolute Gasteiger partial charge is 0.309 e. The van der Waals surface area contributed by atoms with E-state index in [9.17, 15) is 9.59 Å². The number of nitrogens with zero attached hydrogens (tertiary/aromatic N) is 1. The predicted octanol–water partition coefficient (Wildman–Crippen LogP) is 13.6. The molecule has 0 spiro atoms. The van der Waals surface area contributed by atoms with Gasteiger partial charge in [-0.25, -0.2) is 0 Å². The molecule has 45 heavy (non-hydrogen) atoms. The van der Waals surface area contributed by atoms with Crippen molar-refractivity contribution in [3.63, 3.8) is 0 Å². The first-order valence-electron chi connectivity index (χ1n) is 20.7. The molecule has 0 saturated heterocycles. The molecule has 0 radical (unpaired) electrons. The summed E-state index contributed by atoms with van der Waals surface area (Å²) in [4.78, 5) is 26.4. The average Bonchev–Trinajstić information content (AvgIpc) is 3.02. The molecular weight excluding hydrogens is 550 g/mol. The molecule has 0 aromatic carbocycles. The van der Waals surface area contributed by atoms with Crippen LogP contribution >= 0.6 is 0 Å². The smallest absolute Gasteiger partial charge is 0.132 e. The van der Waals surface area contributed by atoms with Crippen molar-refractivity contribution in [2.75, 3.05) is 20.6 Å². The molecule has 0 aliphatic rings. The number of carbonyl (C=O) groups excluding carboxylic acids is 2. The molecule has 0 aromatic rings. The van der Waals surface area contributed by atoms with Gasteiger partial charge in [-0.3, -0.25) is 9.59 Å². The average molecular weight is 634 g/mol. The summed E-state index contributed by atoms with van der Waals surface area (Å²) in [6, 6.07) is 0. The van der Waals surface area contributed by atoms with E-state index in [1.807, 2.05) is 0 Å². The minimum absolute atomic E-state index is 0.505. The molecular formula is C42H83NO2. The van der Waals surface area contributed by atoms with Gasteiger partial charge >= 0.3 is 0 Å². The van der Waals surface area contributed by atoms with Crippen LogP contribution in [0.4, 0.5) is 0 Å². The Morgan fingerprint density at radius 2 is 0.644 bits per heavy atom. The van der Waals surface area contributed by atoms with Gasteiger partial charge in [0.05, 0.1) is 0 Å². The number of Topliss-reactive ketones (excluding diaryl/α,β-unsaturated/α-hetero) is 2. The second kappa shape index (κ2) is 36.1. The van der Waals surface area contributed by atoms with Crippen LogP contribution in [-0.4, -0.2) is 37.1 Å². The molecule has 0 amide bonds. The van der Waals surface area contributed by atoms with Crippen LogP contribution in [0, 0.1) is 5.92 Å². The van der Waals surface area contributed by atoms with Crippen molar-refractivity contribution in [3.8, 4) is 0 Å². The molecule has 0 heterocycles. The van der Waals surface area contributed by atoms with Gasteiger partial charge in [-0.1, -0.05) is 168 Å². The minimum atomic E-state index is 0.505. The molecule has 0 N–H and O–H groups in total. The first-order valence-corrected chi connectivity index (χ1v) is 20.7. The maximum Gasteiger partial charge on any atom is 0.132 e. The Hall–Kier alpha value is -0.700. The number of ketones is 2. The van der Waals surface area contributed by atoms with Crippen LogP contribution in [-0.2, 0) is 9.59 Å². The zero-order valence-electron chi connectivity index (χ0n) is 31.6. The van der Waals surface area contributed by atoms with E-state index >= 15 is 0 Å². The Balaban J connectivity index is 3.74. The van der Waals surface area contributed by atoms with E-state index in [1.54, 1.807) is 0 Å². The van der Waals surface area contributed by atoms with Gasteiger partial charge in [0.2, 0.25) is 0 Å². The summed E-state index contributed by atoms with van der Waals surface area (Å²) in [5.41, 5.74) is 0. The van der Waals surface area contributed by atoms with Crippen molar-refractivity contribution in [3.05, 3.63) is 0 Å². The summed E-state index contributed by atoms with van der Waals surface area (Å²) in [6.45, 7) is 5.71. The van der Waals surface area contributed by atoms with Crippen molar-refractivity contribution < 1.29 is 9.59 Å². The molecule has 268 valence electrons. The van der Waals surface area contributed by atoms with Crippen LogP contribution in [0.3, 0.4) is 0 Å². The zero-order chi connectivity index (χ0) is 33.1. The van der Waals surface area contributed by atoms with E-state index in [-0.39, 0.29) is 0 Å². The van der Waals surface area contributed by atoms with Crippen molar-refractivity contribution in [2.45, 2.75) is 232 Å². The summed E-state index contributed by atoms with van der Waals surface area (Å²) in [6.07, 6.45) is 42.7. The van der Waals surface area contributed by atoms with E-state index in [0.29, 0.717) is 11.6 Å². The molecule has 0 aliphatic carbocycles. The molecule has 3 nitrogen and oxygen atoms in total. The lowest BCUT2D eigenvalue weighted by Crippen LogP contribution is -2.14. The Labute approximate surface area is 284 Å². The number of hydrogen-bond donors (Lipinski definition) is 0. The fraction of sp³-hybridized carbons (Fsp3) is 0.952. The second-order valence-electron chi connectivity index (χ2n) is 15.0. The molecule has 0 fully saturated rings. The Morgan fingerprint density at radius 1 is 0.378 bits per heavy atom. The van der Waals surface area contributed by atoms with Crippen molar-refractivity contribution in [2.24, 2.45) is 5.92 Å². The fourth-order valence-corrected chi connectivity index (χ4v) is 6.86. The maximum absolute atomic E-state index is 12.0. The Morgan fingerprint density at radius 3 is 0.956 bits per heavy atom.